The maximum atomic E-state index is 13.3. The highest BCUT2D eigenvalue weighted by atomic mass is 16.6. The number of ether oxygens (including phenoxy) is 3. The molecule has 176 valence electrons. The van der Waals surface area contributed by atoms with Gasteiger partial charge >= 0.3 is 5.69 Å². The number of carbonyl (C=O) groups excluding carboxylic acids is 2. The Morgan fingerprint density at radius 1 is 0.882 bits per heavy atom. The lowest BCUT2D eigenvalue weighted by Gasteiger charge is -2.20. The normalized spacial score (nSPS) is 11.1. The zero-order valence-electron chi connectivity index (χ0n) is 18.7. The van der Waals surface area contributed by atoms with Crippen LogP contribution in [0.4, 0.5) is 11.4 Å². The average molecular weight is 465 g/mol. The molecule has 0 spiro atoms. The number of amides is 2. The Hall–Kier alpha value is -4.60. The standard InChI is InChI=1S/C24H23N3O7/c1-32-18-14-17(20(27(30)31)22(34-3)21(18)33-2)23(28)26-19(15-10-6-4-7-11-15)24(29)25-16-12-8-5-9-13-16/h4-14,19H,1-3H3,(H,25,29)(H,26,28). The molecule has 0 aromatic heterocycles. The van der Waals surface area contributed by atoms with E-state index < -0.39 is 28.5 Å². The number of hydrogen-bond donors (Lipinski definition) is 2. The van der Waals surface area contributed by atoms with E-state index >= 15 is 0 Å². The number of para-hydroxylation sites is 1. The number of nitrogens with one attached hydrogen (secondary N) is 2. The summed E-state index contributed by atoms with van der Waals surface area (Å²) in [6.45, 7) is 0. The van der Waals surface area contributed by atoms with Gasteiger partial charge in [0.15, 0.2) is 5.75 Å². The van der Waals surface area contributed by atoms with Crippen LogP contribution in [0.3, 0.4) is 0 Å². The third kappa shape index (κ3) is 5.07. The topological polar surface area (TPSA) is 129 Å². The molecular formula is C24H23N3O7. The fourth-order valence-corrected chi connectivity index (χ4v) is 3.39. The molecule has 0 bridgehead atoms. The smallest absolute Gasteiger partial charge is 0.327 e. The molecule has 0 saturated carbocycles. The van der Waals surface area contributed by atoms with E-state index in [-0.39, 0.29) is 22.8 Å². The molecule has 0 heterocycles. The van der Waals surface area contributed by atoms with Gasteiger partial charge in [-0.2, -0.15) is 0 Å². The lowest BCUT2D eigenvalue weighted by molar-refractivity contribution is -0.386. The Labute approximate surface area is 195 Å². The summed E-state index contributed by atoms with van der Waals surface area (Å²) < 4.78 is 15.6. The van der Waals surface area contributed by atoms with Gasteiger partial charge in [0, 0.05) is 11.8 Å². The number of rotatable bonds is 9. The minimum Gasteiger partial charge on any atom is -0.493 e. The molecular weight excluding hydrogens is 442 g/mol. The number of nitrogens with zero attached hydrogens (tertiary/aromatic N) is 1. The van der Waals surface area contributed by atoms with Crippen LogP contribution in [0.25, 0.3) is 0 Å². The number of nitro benzene ring substituents is 1. The summed E-state index contributed by atoms with van der Waals surface area (Å²) in [5, 5.41) is 17.2. The van der Waals surface area contributed by atoms with Crippen LogP contribution in [0.1, 0.15) is 22.0 Å². The van der Waals surface area contributed by atoms with Crippen LogP contribution < -0.4 is 24.8 Å². The van der Waals surface area contributed by atoms with Gasteiger partial charge in [-0.1, -0.05) is 48.5 Å². The summed E-state index contributed by atoms with van der Waals surface area (Å²) >= 11 is 0. The zero-order valence-corrected chi connectivity index (χ0v) is 18.7. The molecule has 1 unspecified atom stereocenters. The van der Waals surface area contributed by atoms with Crippen LogP contribution in [0.2, 0.25) is 0 Å². The predicted octanol–water partition coefficient (Wildman–Crippen LogP) is 3.73. The summed E-state index contributed by atoms with van der Waals surface area (Å²) in [7, 11) is 3.83. The molecule has 3 rings (SSSR count). The SMILES string of the molecule is COc1cc(C(=O)NC(C(=O)Nc2ccccc2)c2ccccc2)c([N+](=O)[O-])c(OC)c1OC. The predicted molar refractivity (Wildman–Crippen MR) is 124 cm³/mol. The highest BCUT2D eigenvalue weighted by Gasteiger charge is 2.34. The summed E-state index contributed by atoms with van der Waals surface area (Å²) in [5.74, 6) is -1.65. The monoisotopic (exact) mass is 465 g/mol. The van der Waals surface area contributed by atoms with Gasteiger partial charge in [-0.15, -0.1) is 0 Å². The molecule has 3 aromatic rings. The van der Waals surface area contributed by atoms with Crippen molar-refractivity contribution in [2.75, 3.05) is 26.6 Å². The van der Waals surface area contributed by atoms with E-state index in [2.05, 4.69) is 10.6 Å². The second-order valence-electron chi connectivity index (χ2n) is 6.97. The highest BCUT2D eigenvalue weighted by molar-refractivity contribution is 6.04. The second-order valence-corrected chi connectivity index (χ2v) is 6.97. The Morgan fingerprint density at radius 3 is 2.00 bits per heavy atom. The minimum absolute atomic E-state index is 0.0327. The molecule has 0 radical (unpaired) electrons. The van der Waals surface area contributed by atoms with Crippen molar-refractivity contribution in [3.8, 4) is 17.2 Å². The number of hydrogen-bond acceptors (Lipinski definition) is 7. The first-order valence-electron chi connectivity index (χ1n) is 10.1. The van der Waals surface area contributed by atoms with Crippen LogP contribution in [0, 0.1) is 10.1 Å². The minimum atomic E-state index is -1.15. The molecule has 0 fully saturated rings. The largest absolute Gasteiger partial charge is 0.493 e. The first kappa shape index (κ1) is 24.1. The van der Waals surface area contributed by atoms with Crippen molar-refractivity contribution in [3.63, 3.8) is 0 Å². The van der Waals surface area contributed by atoms with Crippen molar-refractivity contribution in [2.45, 2.75) is 6.04 Å². The first-order valence-corrected chi connectivity index (χ1v) is 10.1. The van der Waals surface area contributed by atoms with Crippen LogP contribution in [0.5, 0.6) is 17.2 Å². The number of nitro groups is 1. The summed E-state index contributed by atoms with van der Waals surface area (Å²) in [6.07, 6.45) is 0. The molecule has 10 nitrogen and oxygen atoms in total. The Bertz CT molecular complexity index is 1180. The van der Waals surface area contributed by atoms with Gasteiger partial charge in [0.05, 0.1) is 26.3 Å². The molecule has 0 aliphatic carbocycles. The van der Waals surface area contributed by atoms with E-state index in [4.69, 9.17) is 14.2 Å². The van der Waals surface area contributed by atoms with Gasteiger partial charge < -0.3 is 24.8 Å². The third-order valence-electron chi connectivity index (χ3n) is 4.94. The van der Waals surface area contributed by atoms with Crippen molar-refractivity contribution < 1.29 is 28.7 Å². The van der Waals surface area contributed by atoms with E-state index in [9.17, 15) is 19.7 Å². The van der Waals surface area contributed by atoms with Crippen molar-refractivity contribution in [1.82, 2.24) is 5.32 Å². The zero-order chi connectivity index (χ0) is 24.7. The van der Waals surface area contributed by atoms with Crippen molar-refractivity contribution in [2.24, 2.45) is 0 Å². The lowest BCUT2D eigenvalue weighted by Crippen LogP contribution is -2.37. The van der Waals surface area contributed by atoms with Gasteiger partial charge in [0.2, 0.25) is 11.5 Å². The number of carbonyl (C=O) groups is 2. The Kier molecular flexibility index (Phi) is 7.65. The van der Waals surface area contributed by atoms with Crippen molar-refractivity contribution >= 4 is 23.2 Å². The summed E-state index contributed by atoms with van der Waals surface area (Å²) in [4.78, 5) is 37.5. The van der Waals surface area contributed by atoms with E-state index in [1.165, 1.54) is 27.4 Å². The van der Waals surface area contributed by atoms with E-state index in [1.54, 1.807) is 60.7 Å². The molecule has 2 amide bonds. The Morgan fingerprint density at radius 2 is 1.47 bits per heavy atom. The van der Waals surface area contributed by atoms with Crippen LogP contribution in [0.15, 0.2) is 66.7 Å². The highest BCUT2D eigenvalue weighted by Crippen LogP contribution is 2.46. The fraction of sp³-hybridized carbons (Fsp3) is 0.167. The quantitative estimate of drug-likeness (QED) is 0.364. The summed E-state index contributed by atoms with van der Waals surface area (Å²) in [6, 6.07) is 17.3. The maximum Gasteiger partial charge on any atom is 0.327 e. The van der Waals surface area contributed by atoms with Crippen LogP contribution >= 0.6 is 0 Å². The fourth-order valence-electron chi connectivity index (χ4n) is 3.39. The van der Waals surface area contributed by atoms with Gasteiger partial charge in [0.1, 0.15) is 11.6 Å². The maximum absolute atomic E-state index is 13.3. The second kappa shape index (κ2) is 10.8. The molecule has 0 saturated heterocycles. The molecule has 34 heavy (non-hydrogen) atoms. The van der Waals surface area contributed by atoms with Gasteiger partial charge in [0.25, 0.3) is 11.8 Å². The third-order valence-corrected chi connectivity index (χ3v) is 4.94. The first-order chi connectivity index (χ1) is 16.4. The van der Waals surface area contributed by atoms with Crippen molar-refractivity contribution in [1.29, 1.82) is 0 Å². The molecule has 10 heteroatoms. The Balaban J connectivity index is 2.04. The number of anilines is 1. The van der Waals surface area contributed by atoms with E-state index in [1.807, 2.05) is 0 Å². The molecule has 0 aliphatic rings. The summed E-state index contributed by atoms with van der Waals surface area (Å²) in [5.41, 5.74) is 0.0432. The van der Waals surface area contributed by atoms with Gasteiger partial charge in [-0.25, -0.2) is 0 Å². The number of benzene rings is 3. The van der Waals surface area contributed by atoms with E-state index in [0.29, 0.717) is 11.3 Å². The number of methoxy groups -OCH3 is 3. The van der Waals surface area contributed by atoms with Crippen molar-refractivity contribution in [3.05, 3.63) is 88.0 Å². The molecule has 1 atom stereocenters. The lowest BCUT2D eigenvalue weighted by atomic mass is 10.0. The van der Waals surface area contributed by atoms with Crippen LogP contribution in [-0.4, -0.2) is 38.1 Å². The molecule has 2 N–H and O–H groups in total. The van der Waals surface area contributed by atoms with E-state index in [0.717, 1.165) is 0 Å². The van der Waals surface area contributed by atoms with Gasteiger partial charge in [-0.3, -0.25) is 19.7 Å². The van der Waals surface area contributed by atoms with Gasteiger partial charge in [-0.05, 0) is 17.7 Å². The van der Waals surface area contributed by atoms with Crippen LogP contribution in [-0.2, 0) is 4.79 Å². The molecule has 0 aliphatic heterocycles. The molecule has 3 aromatic carbocycles. The average Bonchev–Trinajstić information content (AvgIpc) is 2.86.